The van der Waals surface area contributed by atoms with Crippen molar-refractivity contribution < 1.29 is 14.7 Å². The normalized spacial score (nSPS) is 19.2. The summed E-state index contributed by atoms with van der Waals surface area (Å²) in [5, 5.41) is 13.4. The fraction of sp³-hybridized carbons (Fsp3) is 0.500. The molecular formula is C22H29N3O3. The Morgan fingerprint density at radius 1 is 1.18 bits per heavy atom. The number of fused-ring (bicyclic) bond motifs is 1. The van der Waals surface area contributed by atoms with E-state index < -0.39 is 17.2 Å². The number of likely N-dealkylation sites (tertiary alicyclic amines) is 1. The number of hydrogen-bond acceptors (Lipinski definition) is 4. The van der Waals surface area contributed by atoms with Crippen LogP contribution in [0.15, 0.2) is 40.6 Å². The van der Waals surface area contributed by atoms with Crippen LogP contribution in [0.5, 0.6) is 0 Å². The summed E-state index contributed by atoms with van der Waals surface area (Å²) in [6.45, 7) is 7.38. The Balaban J connectivity index is 2.15. The van der Waals surface area contributed by atoms with Gasteiger partial charge in [0.25, 0.3) is 11.8 Å². The van der Waals surface area contributed by atoms with Crippen LogP contribution in [0.3, 0.4) is 0 Å². The van der Waals surface area contributed by atoms with Crippen LogP contribution in [-0.4, -0.2) is 52.7 Å². The van der Waals surface area contributed by atoms with Crippen molar-refractivity contribution in [3.05, 3.63) is 46.7 Å². The molecule has 0 aliphatic carbocycles. The number of nitrogens with zero attached hydrogens (tertiary/aromatic N) is 2. The molecule has 2 amide bonds. The smallest absolute Gasteiger partial charge is 0.287 e. The maximum Gasteiger partial charge on any atom is 0.287 e. The Bertz CT molecular complexity index is 833. The van der Waals surface area contributed by atoms with Crippen LogP contribution >= 0.6 is 0 Å². The SMILES string of the molecule is CCNC(=O)/C(O)=C(/C(=O)N1CCCCC1)C1=NC(C)(C)Cc2ccccc21. The summed E-state index contributed by atoms with van der Waals surface area (Å²) >= 11 is 0. The molecule has 0 spiro atoms. The predicted molar refractivity (Wildman–Crippen MR) is 110 cm³/mol. The fourth-order valence-electron chi connectivity index (χ4n) is 3.89. The van der Waals surface area contributed by atoms with Gasteiger partial charge in [-0.3, -0.25) is 14.6 Å². The van der Waals surface area contributed by atoms with Gasteiger partial charge in [0.1, 0.15) is 5.57 Å². The average molecular weight is 383 g/mol. The third-order valence-corrected chi connectivity index (χ3v) is 5.19. The van der Waals surface area contributed by atoms with Gasteiger partial charge in [-0.2, -0.15) is 0 Å². The number of piperidine rings is 1. The van der Waals surface area contributed by atoms with Crippen molar-refractivity contribution in [3.8, 4) is 0 Å². The van der Waals surface area contributed by atoms with Gasteiger partial charge in [-0.05, 0) is 52.0 Å². The number of nitrogens with one attached hydrogen (secondary N) is 1. The van der Waals surface area contributed by atoms with E-state index in [-0.39, 0.29) is 11.5 Å². The van der Waals surface area contributed by atoms with Crippen molar-refractivity contribution in [2.75, 3.05) is 19.6 Å². The number of carbonyl (C=O) groups is 2. The first-order chi connectivity index (χ1) is 13.3. The first kappa shape index (κ1) is 20.1. The number of amides is 2. The van der Waals surface area contributed by atoms with Crippen LogP contribution in [0.25, 0.3) is 0 Å². The molecule has 1 saturated heterocycles. The van der Waals surface area contributed by atoms with Crippen LogP contribution in [0, 0.1) is 0 Å². The molecule has 0 radical (unpaired) electrons. The third-order valence-electron chi connectivity index (χ3n) is 5.19. The van der Waals surface area contributed by atoms with Crippen molar-refractivity contribution in [1.82, 2.24) is 10.2 Å². The zero-order valence-corrected chi connectivity index (χ0v) is 16.9. The van der Waals surface area contributed by atoms with Crippen LogP contribution < -0.4 is 5.32 Å². The zero-order valence-electron chi connectivity index (χ0n) is 16.9. The van der Waals surface area contributed by atoms with E-state index in [1.165, 1.54) is 0 Å². The zero-order chi connectivity index (χ0) is 20.3. The molecule has 2 N–H and O–H groups in total. The molecule has 28 heavy (non-hydrogen) atoms. The van der Waals surface area contributed by atoms with Crippen molar-refractivity contribution in [3.63, 3.8) is 0 Å². The first-order valence-electron chi connectivity index (χ1n) is 10.0. The van der Waals surface area contributed by atoms with Crippen LogP contribution in [-0.2, 0) is 16.0 Å². The maximum absolute atomic E-state index is 13.4. The second-order valence-electron chi connectivity index (χ2n) is 8.04. The first-order valence-corrected chi connectivity index (χ1v) is 10.0. The summed E-state index contributed by atoms with van der Waals surface area (Å²) in [4.78, 5) is 32.4. The molecule has 6 nitrogen and oxygen atoms in total. The largest absolute Gasteiger partial charge is 0.502 e. The molecule has 2 aliphatic heterocycles. The molecule has 0 aromatic heterocycles. The summed E-state index contributed by atoms with van der Waals surface area (Å²) in [5.74, 6) is -1.52. The van der Waals surface area contributed by atoms with Crippen LogP contribution in [0.4, 0.5) is 0 Å². The van der Waals surface area contributed by atoms with E-state index in [1.807, 2.05) is 38.1 Å². The summed E-state index contributed by atoms with van der Waals surface area (Å²) < 4.78 is 0. The summed E-state index contributed by atoms with van der Waals surface area (Å²) in [6, 6.07) is 7.76. The van der Waals surface area contributed by atoms with Gasteiger partial charge in [-0.1, -0.05) is 24.3 Å². The number of aliphatic imine (C=N–C) groups is 1. The molecule has 1 fully saturated rings. The number of hydrogen-bond donors (Lipinski definition) is 2. The average Bonchev–Trinajstić information content (AvgIpc) is 2.68. The number of benzene rings is 1. The van der Waals surface area contributed by atoms with Crippen molar-refractivity contribution in [2.45, 2.75) is 52.0 Å². The molecule has 0 saturated carbocycles. The molecule has 3 rings (SSSR count). The minimum atomic E-state index is -0.647. The van der Waals surface area contributed by atoms with Gasteiger partial charge in [-0.25, -0.2) is 0 Å². The Morgan fingerprint density at radius 2 is 1.86 bits per heavy atom. The lowest BCUT2D eigenvalue weighted by Crippen LogP contribution is -2.42. The Kier molecular flexibility index (Phi) is 5.87. The molecule has 150 valence electrons. The van der Waals surface area contributed by atoms with E-state index in [0.717, 1.165) is 36.8 Å². The maximum atomic E-state index is 13.4. The van der Waals surface area contributed by atoms with Gasteiger partial charge in [-0.15, -0.1) is 0 Å². The van der Waals surface area contributed by atoms with E-state index in [0.29, 0.717) is 25.3 Å². The molecular weight excluding hydrogens is 354 g/mol. The highest BCUT2D eigenvalue weighted by atomic mass is 16.3. The topological polar surface area (TPSA) is 82.0 Å². The highest BCUT2D eigenvalue weighted by Gasteiger charge is 2.35. The number of rotatable bonds is 4. The molecule has 1 aromatic carbocycles. The summed E-state index contributed by atoms with van der Waals surface area (Å²) in [7, 11) is 0. The van der Waals surface area contributed by atoms with Crippen LogP contribution in [0.2, 0.25) is 0 Å². The summed E-state index contributed by atoms with van der Waals surface area (Å²) in [6.07, 6.45) is 3.67. The lowest BCUT2D eigenvalue weighted by molar-refractivity contribution is -0.128. The highest BCUT2D eigenvalue weighted by molar-refractivity contribution is 6.31. The minimum absolute atomic E-state index is 0.00748. The molecule has 6 heteroatoms. The van der Waals surface area contributed by atoms with E-state index >= 15 is 0 Å². The third kappa shape index (κ3) is 4.11. The molecule has 0 bridgehead atoms. The van der Waals surface area contributed by atoms with Gasteiger partial charge in [0.05, 0.1) is 11.3 Å². The quantitative estimate of drug-likeness (QED) is 0.620. The van der Waals surface area contributed by atoms with Gasteiger partial charge in [0, 0.05) is 25.2 Å². The predicted octanol–water partition coefficient (Wildman–Crippen LogP) is 2.77. The standard InChI is InChI=1S/C22H29N3O3/c1-4-23-20(27)19(26)17(21(28)25-12-8-5-9-13-25)18-16-11-7-6-10-15(16)14-22(2,3)24-18/h6-7,10-11,26H,4-5,8-9,12-14H2,1-3H3,(H,23,27)/b19-17-. The molecule has 0 unspecified atom stereocenters. The Labute approximate surface area is 166 Å². The highest BCUT2D eigenvalue weighted by Crippen LogP contribution is 2.31. The van der Waals surface area contributed by atoms with Gasteiger partial charge in [0.15, 0.2) is 5.76 Å². The monoisotopic (exact) mass is 383 g/mol. The number of carbonyl (C=O) groups excluding carboxylic acids is 2. The van der Waals surface area contributed by atoms with E-state index in [4.69, 9.17) is 4.99 Å². The summed E-state index contributed by atoms with van der Waals surface area (Å²) in [5.41, 5.74) is 1.85. The second-order valence-corrected chi connectivity index (χ2v) is 8.04. The lowest BCUT2D eigenvalue weighted by Gasteiger charge is -2.32. The molecule has 2 aliphatic rings. The van der Waals surface area contributed by atoms with Crippen molar-refractivity contribution in [1.29, 1.82) is 0 Å². The van der Waals surface area contributed by atoms with E-state index in [9.17, 15) is 14.7 Å². The Morgan fingerprint density at radius 3 is 2.54 bits per heavy atom. The number of aliphatic hydroxyl groups is 1. The van der Waals surface area contributed by atoms with Crippen molar-refractivity contribution in [2.24, 2.45) is 4.99 Å². The molecule has 2 heterocycles. The van der Waals surface area contributed by atoms with Crippen molar-refractivity contribution >= 4 is 17.5 Å². The van der Waals surface area contributed by atoms with E-state index in [2.05, 4.69) is 5.32 Å². The fourth-order valence-corrected chi connectivity index (χ4v) is 3.89. The minimum Gasteiger partial charge on any atom is -0.502 e. The molecule has 0 atom stereocenters. The van der Waals surface area contributed by atoms with Gasteiger partial charge in [0.2, 0.25) is 0 Å². The molecule has 1 aromatic rings. The lowest BCUT2D eigenvalue weighted by atomic mass is 9.84. The number of likely N-dealkylation sites (N-methyl/N-ethyl adjacent to an activating group) is 1. The van der Waals surface area contributed by atoms with Crippen LogP contribution in [0.1, 0.15) is 51.2 Å². The number of aliphatic hydroxyl groups excluding tert-OH is 1. The Hall–Kier alpha value is -2.63. The van der Waals surface area contributed by atoms with Gasteiger partial charge < -0.3 is 15.3 Å². The van der Waals surface area contributed by atoms with E-state index in [1.54, 1.807) is 11.8 Å². The second kappa shape index (κ2) is 8.17. The van der Waals surface area contributed by atoms with Gasteiger partial charge >= 0.3 is 0 Å².